The third kappa shape index (κ3) is 4.55. The Morgan fingerprint density at radius 1 is 0.972 bits per heavy atom. The fourth-order valence-corrected chi connectivity index (χ4v) is 5.52. The SMILES string of the molecule is Cc1ccc(-c2csc(=Nc3c(C)n(C)n(-c4ccccc4)c3=O)n2N=C2CCC(C)CC2)cc1C. The Hall–Kier alpha value is -3.45. The molecule has 0 N–H and O–H groups in total. The van der Waals surface area contributed by atoms with E-state index in [-0.39, 0.29) is 5.56 Å². The maximum Gasteiger partial charge on any atom is 0.297 e. The van der Waals surface area contributed by atoms with Crippen LogP contribution in [0.1, 0.15) is 49.4 Å². The minimum Gasteiger partial charge on any atom is -0.283 e. The lowest BCUT2D eigenvalue weighted by Crippen LogP contribution is -2.20. The molecule has 36 heavy (non-hydrogen) atoms. The monoisotopic (exact) mass is 499 g/mol. The van der Waals surface area contributed by atoms with E-state index in [9.17, 15) is 4.79 Å². The predicted molar refractivity (Wildman–Crippen MR) is 149 cm³/mol. The van der Waals surface area contributed by atoms with Gasteiger partial charge in [0.1, 0.15) is 0 Å². The maximum atomic E-state index is 13.5. The van der Waals surface area contributed by atoms with E-state index in [2.05, 4.69) is 44.4 Å². The largest absolute Gasteiger partial charge is 0.297 e. The summed E-state index contributed by atoms with van der Waals surface area (Å²) in [5, 5.41) is 7.22. The smallest absolute Gasteiger partial charge is 0.283 e. The van der Waals surface area contributed by atoms with Crippen LogP contribution in [0.5, 0.6) is 0 Å². The second kappa shape index (κ2) is 9.90. The van der Waals surface area contributed by atoms with Crippen LogP contribution in [0.25, 0.3) is 16.9 Å². The predicted octanol–water partition coefficient (Wildman–Crippen LogP) is 6.28. The van der Waals surface area contributed by atoms with Gasteiger partial charge in [-0.2, -0.15) is 5.10 Å². The number of para-hydroxylation sites is 1. The van der Waals surface area contributed by atoms with E-state index < -0.39 is 0 Å². The molecular weight excluding hydrogens is 466 g/mol. The summed E-state index contributed by atoms with van der Waals surface area (Å²) in [6, 6.07) is 16.2. The molecule has 0 unspecified atom stereocenters. The Kier molecular flexibility index (Phi) is 6.67. The van der Waals surface area contributed by atoms with Gasteiger partial charge in [-0.05, 0) is 81.7 Å². The first kappa shape index (κ1) is 24.3. The summed E-state index contributed by atoms with van der Waals surface area (Å²) in [5.74, 6) is 0.739. The second-order valence-electron chi connectivity index (χ2n) is 9.89. The molecule has 0 aliphatic heterocycles. The summed E-state index contributed by atoms with van der Waals surface area (Å²) >= 11 is 1.53. The minimum atomic E-state index is -0.131. The lowest BCUT2D eigenvalue weighted by molar-refractivity contribution is 0.481. The molecule has 1 aliphatic rings. The molecule has 0 saturated heterocycles. The highest BCUT2D eigenvalue weighted by Crippen LogP contribution is 2.26. The molecule has 1 aliphatic carbocycles. The van der Waals surface area contributed by atoms with Crippen LogP contribution in [0.2, 0.25) is 0 Å². The van der Waals surface area contributed by atoms with Crippen LogP contribution in [-0.2, 0) is 7.05 Å². The van der Waals surface area contributed by atoms with Gasteiger partial charge in [-0.15, -0.1) is 11.3 Å². The van der Waals surface area contributed by atoms with E-state index in [1.54, 1.807) is 4.68 Å². The van der Waals surface area contributed by atoms with Gasteiger partial charge in [-0.3, -0.25) is 9.48 Å². The van der Waals surface area contributed by atoms with Crippen molar-refractivity contribution in [2.75, 3.05) is 0 Å². The van der Waals surface area contributed by atoms with Crippen LogP contribution in [0.3, 0.4) is 0 Å². The van der Waals surface area contributed by atoms with Crippen LogP contribution in [0, 0.1) is 26.7 Å². The zero-order valence-corrected chi connectivity index (χ0v) is 22.5. The van der Waals surface area contributed by atoms with Crippen molar-refractivity contribution < 1.29 is 0 Å². The molecule has 0 atom stereocenters. The van der Waals surface area contributed by atoms with E-state index >= 15 is 0 Å². The second-order valence-corrected chi connectivity index (χ2v) is 10.7. The fourth-order valence-electron chi connectivity index (χ4n) is 4.69. The van der Waals surface area contributed by atoms with Gasteiger partial charge >= 0.3 is 0 Å². The Morgan fingerprint density at radius 3 is 2.39 bits per heavy atom. The molecular formula is C29H33N5OS. The average molecular weight is 500 g/mol. The Labute approximate surface area is 215 Å². The van der Waals surface area contributed by atoms with E-state index in [0.29, 0.717) is 10.5 Å². The molecule has 2 heterocycles. The summed E-state index contributed by atoms with van der Waals surface area (Å²) in [6.45, 7) is 8.51. The molecule has 7 heteroatoms. The van der Waals surface area contributed by atoms with E-state index in [0.717, 1.165) is 54.2 Å². The van der Waals surface area contributed by atoms with Crippen LogP contribution in [0.15, 0.2) is 68.8 Å². The molecule has 1 saturated carbocycles. The fraction of sp³-hybridized carbons (Fsp3) is 0.345. The molecule has 0 bridgehead atoms. The van der Waals surface area contributed by atoms with Gasteiger partial charge in [0, 0.05) is 23.7 Å². The minimum absolute atomic E-state index is 0.131. The van der Waals surface area contributed by atoms with Crippen LogP contribution in [0.4, 0.5) is 5.69 Å². The quantitative estimate of drug-likeness (QED) is 0.326. The number of benzene rings is 2. The lowest BCUT2D eigenvalue weighted by Gasteiger charge is -2.19. The molecule has 5 rings (SSSR count). The van der Waals surface area contributed by atoms with Crippen molar-refractivity contribution in [2.24, 2.45) is 23.1 Å². The summed E-state index contributed by atoms with van der Waals surface area (Å²) in [7, 11) is 1.90. The number of aromatic nitrogens is 3. The first-order chi connectivity index (χ1) is 17.3. The number of rotatable bonds is 4. The average Bonchev–Trinajstić information content (AvgIpc) is 3.36. The van der Waals surface area contributed by atoms with Crippen molar-refractivity contribution in [1.29, 1.82) is 0 Å². The summed E-state index contributed by atoms with van der Waals surface area (Å²) < 4.78 is 5.50. The van der Waals surface area contributed by atoms with Gasteiger partial charge in [-0.1, -0.05) is 37.3 Å². The number of hydrogen-bond donors (Lipinski definition) is 0. The van der Waals surface area contributed by atoms with Crippen molar-refractivity contribution in [3.05, 3.63) is 85.9 Å². The van der Waals surface area contributed by atoms with Gasteiger partial charge in [-0.25, -0.2) is 14.4 Å². The zero-order chi connectivity index (χ0) is 25.4. The number of thiazole rings is 1. The van der Waals surface area contributed by atoms with E-state index in [4.69, 9.17) is 10.1 Å². The zero-order valence-electron chi connectivity index (χ0n) is 21.7. The number of aryl methyl sites for hydroxylation is 2. The highest BCUT2D eigenvalue weighted by Gasteiger charge is 2.18. The number of nitrogens with zero attached hydrogens (tertiary/aromatic N) is 5. The molecule has 6 nitrogen and oxygen atoms in total. The molecule has 0 spiro atoms. The molecule has 4 aromatic rings. The molecule has 2 aromatic carbocycles. The van der Waals surface area contributed by atoms with Gasteiger partial charge in [0.25, 0.3) is 5.56 Å². The topological polar surface area (TPSA) is 56.6 Å². The molecule has 0 radical (unpaired) electrons. The third-order valence-corrected chi connectivity index (χ3v) is 8.13. The van der Waals surface area contributed by atoms with Crippen molar-refractivity contribution in [3.63, 3.8) is 0 Å². The van der Waals surface area contributed by atoms with Gasteiger partial charge < -0.3 is 0 Å². The Bertz CT molecular complexity index is 1560. The summed E-state index contributed by atoms with van der Waals surface area (Å²) in [4.78, 5) is 19.2. The van der Waals surface area contributed by atoms with E-state index in [1.807, 2.05) is 53.7 Å². The van der Waals surface area contributed by atoms with Crippen molar-refractivity contribution in [1.82, 2.24) is 14.0 Å². The first-order valence-corrected chi connectivity index (χ1v) is 13.4. The number of hydrogen-bond acceptors (Lipinski definition) is 4. The highest BCUT2D eigenvalue weighted by molar-refractivity contribution is 7.07. The standard InChI is InChI=1S/C29H33N5OS/c1-19-11-15-24(16-12-19)31-33-26(23-14-13-20(2)21(3)17-23)18-36-29(33)30-27-22(4)32(5)34(28(27)35)25-9-7-6-8-10-25/h6-10,13-14,17-19H,11-12,15-16H2,1-5H3. The van der Waals surface area contributed by atoms with Crippen LogP contribution < -0.4 is 10.4 Å². The molecule has 0 amide bonds. The van der Waals surface area contributed by atoms with Gasteiger partial charge in [0.2, 0.25) is 4.80 Å². The summed E-state index contributed by atoms with van der Waals surface area (Å²) in [5.41, 5.74) is 7.77. The van der Waals surface area contributed by atoms with Crippen molar-refractivity contribution in [2.45, 2.75) is 53.4 Å². The van der Waals surface area contributed by atoms with Gasteiger partial charge in [0.05, 0.1) is 17.1 Å². The molecule has 1 fully saturated rings. The summed E-state index contributed by atoms with van der Waals surface area (Å²) in [6.07, 6.45) is 4.32. The van der Waals surface area contributed by atoms with Crippen molar-refractivity contribution in [3.8, 4) is 16.9 Å². The maximum absolute atomic E-state index is 13.5. The van der Waals surface area contributed by atoms with Crippen molar-refractivity contribution >= 4 is 22.7 Å². The molecule has 2 aromatic heterocycles. The lowest BCUT2D eigenvalue weighted by atomic mass is 9.90. The Morgan fingerprint density at radius 2 is 1.69 bits per heavy atom. The highest BCUT2D eigenvalue weighted by atomic mass is 32.1. The first-order valence-electron chi connectivity index (χ1n) is 12.6. The molecule has 186 valence electrons. The third-order valence-electron chi connectivity index (χ3n) is 7.31. The normalized spacial score (nSPS) is 16.5. The van der Waals surface area contributed by atoms with Crippen LogP contribution >= 0.6 is 11.3 Å². The Balaban J connectivity index is 1.69. The van der Waals surface area contributed by atoms with Gasteiger partial charge in [0.15, 0.2) is 5.69 Å². The van der Waals surface area contributed by atoms with E-state index in [1.165, 1.54) is 28.2 Å². The van der Waals surface area contributed by atoms with Crippen LogP contribution in [-0.4, -0.2) is 19.8 Å².